The van der Waals surface area contributed by atoms with Gasteiger partial charge >= 0.3 is 5.97 Å². The summed E-state index contributed by atoms with van der Waals surface area (Å²) in [6.07, 6.45) is 1.44. The van der Waals surface area contributed by atoms with Gasteiger partial charge in [-0.15, -0.1) is 0 Å². The minimum absolute atomic E-state index is 0.0332. The summed E-state index contributed by atoms with van der Waals surface area (Å²) in [5.74, 6) is -1.64. The lowest BCUT2D eigenvalue weighted by molar-refractivity contribution is -0.123. The number of carbonyl (C=O) groups is 2. The van der Waals surface area contributed by atoms with Crippen LogP contribution in [0.4, 0.5) is 5.69 Å². The number of anilines is 1. The summed E-state index contributed by atoms with van der Waals surface area (Å²) >= 11 is 6.13. The van der Waals surface area contributed by atoms with Crippen LogP contribution in [-0.4, -0.2) is 48.9 Å². The van der Waals surface area contributed by atoms with Crippen molar-refractivity contribution < 1.29 is 27.3 Å². The largest absolute Gasteiger partial charge is 0.447 e. The second-order valence-electron chi connectivity index (χ2n) is 6.98. The summed E-state index contributed by atoms with van der Waals surface area (Å²) in [6.45, 7) is 3.93. The van der Waals surface area contributed by atoms with Gasteiger partial charge in [0.15, 0.2) is 6.10 Å². The topological polar surface area (TPSA) is 119 Å². The fraction of sp³-hybridized carbons (Fsp3) is 0.421. The van der Waals surface area contributed by atoms with Crippen LogP contribution in [0.3, 0.4) is 0 Å². The van der Waals surface area contributed by atoms with Crippen LogP contribution in [0, 0.1) is 6.92 Å². The summed E-state index contributed by atoms with van der Waals surface area (Å²) in [7, 11) is -3.69. The molecule has 1 aromatic heterocycles. The van der Waals surface area contributed by atoms with Crippen molar-refractivity contribution in [1.82, 2.24) is 9.46 Å². The molecule has 0 radical (unpaired) electrons. The summed E-state index contributed by atoms with van der Waals surface area (Å²) < 4.78 is 37.0. The van der Waals surface area contributed by atoms with Crippen molar-refractivity contribution in [3.8, 4) is 0 Å². The Bertz CT molecular complexity index is 1050. The van der Waals surface area contributed by atoms with E-state index in [0.717, 1.165) is 19.3 Å². The number of amides is 1. The third kappa shape index (κ3) is 5.00. The smallest absolute Gasteiger partial charge is 0.377 e. The highest BCUT2D eigenvalue weighted by Gasteiger charge is 2.27. The predicted molar refractivity (Wildman–Crippen MR) is 109 cm³/mol. The van der Waals surface area contributed by atoms with Crippen LogP contribution in [0.5, 0.6) is 0 Å². The lowest BCUT2D eigenvalue weighted by Gasteiger charge is -2.26. The summed E-state index contributed by atoms with van der Waals surface area (Å²) in [5.41, 5.74) is 0.607. The van der Waals surface area contributed by atoms with Crippen molar-refractivity contribution >= 4 is 39.2 Å². The molecule has 2 aromatic rings. The average Bonchev–Trinajstić information content (AvgIpc) is 3.16. The summed E-state index contributed by atoms with van der Waals surface area (Å²) in [6, 6.07) is 5.50. The van der Waals surface area contributed by atoms with E-state index in [4.69, 9.17) is 20.9 Å². The lowest BCUT2D eigenvalue weighted by Crippen LogP contribution is -2.35. The third-order valence-electron chi connectivity index (χ3n) is 4.63. The van der Waals surface area contributed by atoms with Gasteiger partial charge in [0.2, 0.25) is 15.8 Å². The molecular formula is C19H22ClN3O6S. The van der Waals surface area contributed by atoms with Crippen LogP contribution in [0.15, 0.2) is 33.7 Å². The Morgan fingerprint density at radius 3 is 2.57 bits per heavy atom. The normalized spacial score (nSPS) is 16.1. The highest BCUT2D eigenvalue weighted by atomic mass is 35.5. The zero-order valence-corrected chi connectivity index (χ0v) is 18.1. The average molecular weight is 456 g/mol. The number of esters is 1. The van der Waals surface area contributed by atoms with Crippen LogP contribution < -0.4 is 5.32 Å². The van der Waals surface area contributed by atoms with Crippen LogP contribution in [0.25, 0.3) is 0 Å². The molecule has 0 aliphatic carbocycles. The number of piperidine rings is 1. The number of halogens is 1. The molecule has 2 heterocycles. The molecule has 1 saturated heterocycles. The molecule has 1 atom stereocenters. The van der Waals surface area contributed by atoms with Crippen LogP contribution >= 0.6 is 11.6 Å². The van der Waals surface area contributed by atoms with Gasteiger partial charge in [-0.1, -0.05) is 23.2 Å². The number of ether oxygens (including phenoxy) is 1. The number of nitrogens with one attached hydrogen (secondary N) is 1. The first-order chi connectivity index (χ1) is 14.2. The number of nitrogens with zero attached hydrogens (tertiary/aromatic N) is 2. The van der Waals surface area contributed by atoms with Crippen molar-refractivity contribution in [2.24, 2.45) is 0 Å². The Morgan fingerprint density at radius 1 is 1.23 bits per heavy atom. The molecule has 0 bridgehead atoms. The van der Waals surface area contributed by atoms with Gasteiger partial charge in [0, 0.05) is 19.2 Å². The highest BCUT2D eigenvalue weighted by molar-refractivity contribution is 7.89. The van der Waals surface area contributed by atoms with Gasteiger partial charge in [-0.25, -0.2) is 13.2 Å². The second kappa shape index (κ2) is 9.15. The molecule has 1 N–H and O–H groups in total. The zero-order chi connectivity index (χ0) is 21.9. The number of carbonyl (C=O) groups excluding carboxylic acids is 2. The minimum atomic E-state index is -3.69. The number of aromatic nitrogens is 1. The molecule has 1 unspecified atom stereocenters. The van der Waals surface area contributed by atoms with Gasteiger partial charge in [-0.3, -0.25) is 4.79 Å². The standard InChI is InChI=1S/C19H22ClN3O6S/c1-12-10-17(29-22-12)19(25)28-13(2)18(24)21-16-11-14(6-7-15(16)20)30(26,27)23-8-4-3-5-9-23/h6-7,10-11,13H,3-5,8-9H2,1-2H3,(H,21,24). The molecule has 1 aliphatic heterocycles. The minimum Gasteiger partial charge on any atom is -0.447 e. The zero-order valence-electron chi connectivity index (χ0n) is 16.6. The molecule has 0 spiro atoms. The van der Waals surface area contributed by atoms with E-state index in [2.05, 4.69) is 10.5 Å². The summed E-state index contributed by atoms with van der Waals surface area (Å²) in [4.78, 5) is 24.5. The van der Waals surface area contributed by atoms with Crippen LogP contribution in [0.2, 0.25) is 5.02 Å². The Hall–Kier alpha value is -2.43. The SMILES string of the molecule is Cc1cc(C(=O)OC(C)C(=O)Nc2cc(S(=O)(=O)N3CCCCC3)ccc2Cl)on1. The van der Waals surface area contributed by atoms with Gasteiger partial charge < -0.3 is 14.6 Å². The molecule has 1 fully saturated rings. The van der Waals surface area contributed by atoms with E-state index < -0.39 is 28.0 Å². The quantitative estimate of drug-likeness (QED) is 0.665. The first kappa shape index (κ1) is 22.3. The number of rotatable bonds is 6. The highest BCUT2D eigenvalue weighted by Crippen LogP contribution is 2.28. The van der Waals surface area contributed by atoms with Crippen molar-refractivity contribution in [3.63, 3.8) is 0 Å². The molecule has 1 amide bonds. The molecule has 11 heteroatoms. The monoisotopic (exact) mass is 455 g/mol. The molecule has 162 valence electrons. The first-order valence-corrected chi connectivity index (χ1v) is 11.2. The maximum Gasteiger partial charge on any atom is 0.377 e. The van der Waals surface area contributed by atoms with Gasteiger partial charge in [-0.2, -0.15) is 4.31 Å². The molecule has 30 heavy (non-hydrogen) atoms. The van der Waals surface area contributed by atoms with E-state index in [1.807, 2.05) is 0 Å². The third-order valence-corrected chi connectivity index (χ3v) is 6.85. The van der Waals surface area contributed by atoms with Gasteiger partial charge in [-0.05, 0) is 44.9 Å². The fourth-order valence-electron chi connectivity index (χ4n) is 2.98. The molecule has 1 aliphatic rings. The first-order valence-electron chi connectivity index (χ1n) is 9.43. The van der Waals surface area contributed by atoms with Crippen molar-refractivity contribution in [2.75, 3.05) is 18.4 Å². The van der Waals surface area contributed by atoms with E-state index in [1.54, 1.807) is 6.92 Å². The Morgan fingerprint density at radius 2 is 1.93 bits per heavy atom. The maximum atomic E-state index is 12.9. The van der Waals surface area contributed by atoms with Crippen LogP contribution in [-0.2, 0) is 19.6 Å². The number of hydrogen-bond donors (Lipinski definition) is 1. The number of benzene rings is 1. The van der Waals surface area contributed by atoms with Gasteiger partial charge in [0.1, 0.15) is 0 Å². The van der Waals surface area contributed by atoms with Gasteiger partial charge in [0.25, 0.3) is 5.91 Å². The van der Waals surface area contributed by atoms with E-state index in [1.165, 1.54) is 35.5 Å². The summed E-state index contributed by atoms with van der Waals surface area (Å²) in [5, 5.41) is 6.25. The molecule has 9 nitrogen and oxygen atoms in total. The van der Waals surface area contributed by atoms with E-state index in [0.29, 0.717) is 18.8 Å². The number of aryl methyl sites for hydroxylation is 1. The van der Waals surface area contributed by atoms with Crippen molar-refractivity contribution in [3.05, 3.63) is 40.7 Å². The Kier molecular flexibility index (Phi) is 6.79. The molecule has 3 rings (SSSR count). The molecular weight excluding hydrogens is 434 g/mol. The number of sulfonamides is 1. The molecule has 1 aromatic carbocycles. The van der Waals surface area contributed by atoms with Crippen molar-refractivity contribution in [2.45, 2.75) is 44.1 Å². The second-order valence-corrected chi connectivity index (χ2v) is 9.32. The van der Waals surface area contributed by atoms with Crippen LogP contribution in [0.1, 0.15) is 42.4 Å². The van der Waals surface area contributed by atoms with Crippen molar-refractivity contribution in [1.29, 1.82) is 0 Å². The molecule has 0 saturated carbocycles. The fourth-order valence-corrected chi connectivity index (χ4v) is 4.69. The maximum absolute atomic E-state index is 12.9. The van der Waals surface area contributed by atoms with E-state index >= 15 is 0 Å². The van der Waals surface area contributed by atoms with E-state index in [9.17, 15) is 18.0 Å². The Labute approximate surface area is 179 Å². The van der Waals surface area contributed by atoms with Gasteiger partial charge in [0.05, 0.1) is 21.3 Å². The lowest BCUT2D eigenvalue weighted by atomic mass is 10.2. The van der Waals surface area contributed by atoms with E-state index in [-0.39, 0.29) is 21.4 Å². The Balaban J connectivity index is 1.71. The number of hydrogen-bond acceptors (Lipinski definition) is 7. The predicted octanol–water partition coefficient (Wildman–Crippen LogP) is 3.00.